The van der Waals surface area contributed by atoms with Crippen molar-refractivity contribution in [1.29, 1.82) is 0 Å². The van der Waals surface area contributed by atoms with Crippen molar-refractivity contribution in [3.05, 3.63) is 64.5 Å². The molecule has 1 aromatic heterocycles. The monoisotopic (exact) mass is 545 g/mol. The molecular weight excluding hydrogens is 518 g/mol. The highest BCUT2D eigenvalue weighted by molar-refractivity contribution is 7.88. The van der Waals surface area contributed by atoms with Gasteiger partial charge in [-0.1, -0.05) is 60.0 Å². The molecule has 2 unspecified atom stereocenters. The number of fused-ring (bicyclic) bond motifs is 1. The summed E-state index contributed by atoms with van der Waals surface area (Å²) in [6.07, 6.45) is 9.51. The molecule has 0 bridgehead atoms. The van der Waals surface area contributed by atoms with E-state index in [2.05, 4.69) is 30.7 Å². The molecule has 5 atom stereocenters. The van der Waals surface area contributed by atoms with Gasteiger partial charge in [0, 0.05) is 28.6 Å². The standard InChI is InChI=1S/C24H28ClN7O4S/c1-37(35,36)29-18-8-4-5-9-19(18)32-22(14-10-11-15(25)12-14)21(16-6-2-3-7-17(16)24(32)34)23(33)26-13-20-27-30-31-28-20/h2-3,6-7,10-12,14,18-19,21-22,29H,4-5,8-9,13H2,1H3,(H,26,33)(H,27,28,30,31)/t14?,18-,19-,21+,22?/m0/s1. The Hall–Kier alpha value is -3.09. The second kappa shape index (κ2) is 10.3. The van der Waals surface area contributed by atoms with E-state index in [4.69, 9.17) is 11.6 Å². The summed E-state index contributed by atoms with van der Waals surface area (Å²) in [6.45, 7) is 0.0630. The minimum Gasteiger partial charge on any atom is -0.348 e. The zero-order valence-electron chi connectivity index (χ0n) is 20.2. The van der Waals surface area contributed by atoms with Crippen molar-refractivity contribution in [1.82, 2.24) is 35.6 Å². The fourth-order valence-corrected chi connectivity index (χ4v) is 6.80. The van der Waals surface area contributed by atoms with Crippen molar-refractivity contribution in [3.8, 4) is 0 Å². The number of allylic oxidation sites excluding steroid dienone is 2. The number of hydrogen-bond donors (Lipinski definition) is 3. The van der Waals surface area contributed by atoms with Gasteiger partial charge in [-0.2, -0.15) is 5.21 Å². The average molecular weight is 546 g/mol. The predicted octanol–water partition coefficient (Wildman–Crippen LogP) is 1.59. The van der Waals surface area contributed by atoms with Gasteiger partial charge in [-0.25, -0.2) is 13.1 Å². The number of benzene rings is 1. The van der Waals surface area contributed by atoms with E-state index in [0.717, 1.165) is 19.1 Å². The van der Waals surface area contributed by atoms with Crippen LogP contribution in [0.15, 0.2) is 47.5 Å². The first-order valence-corrected chi connectivity index (χ1v) is 14.4. The first-order chi connectivity index (χ1) is 17.7. The molecule has 1 aliphatic heterocycles. The Labute approximate surface area is 219 Å². The predicted molar refractivity (Wildman–Crippen MR) is 136 cm³/mol. The van der Waals surface area contributed by atoms with Crippen LogP contribution in [0.2, 0.25) is 0 Å². The molecule has 0 spiro atoms. The van der Waals surface area contributed by atoms with Crippen LogP contribution in [0.3, 0.4) is 0 Å². The number of amides is 2. The van der Waals surface area contributed by atoms with Crippen LogP contribution >= 0.6 is 11.6 Å². The highest BCUT2D eigenvalue weighted by Crippen LogP contribution is 2.43. The van der Waals surface area contributed by atoms with Crippen LogP contribution in [0.4, 0.5) is 0 Å². The Morgan fingerprint density at radius 3 is 2.73 bits per heavy atom. The lowest BCUT2D eigenvalue weighted by Crippen LogP contribution is -2.63. The van der Waals surface area contributed by atoms with E-state index in [1.165, 1.54) is 0 Å². The maximum atomic E-state index is 14.1. The summed E-state index contributed by atoms with van der Waals surface area (Å²) in [5, 5.41) is 17.1. The van der Waals surface area contributed by atoms with Crippen LogP contribution in [0.1, 0.15) is 53.3 Å². The second-order valence-corrected chi connectivity index (χ2v) is 11.9. The van der Waals surface area contributed by atoms with Crippen LogP contribution in [0.25, 0.3) is 0 Å². The Balaban J connectivity index is 1.59. The zero-order chi connectivity index (χ0) is 26.2. The first kappa shape index (κ1) is 25.6. The summed E-state index contributed by atoms with van der Waals surface area (Å²) in [7, 11) is -3.52. The number of nitrogens with one attached hydrogen (secondary N) is 3. The van der Waals surface area contributed by atoms with Crippen molar-refractivity contribution in [2.45, 2.75) is 56.3 Å². The third-order valence-corrected chi connectivity index (χ3v) is 8.17. The van der Waals surface area contributed by atoms with Crippen molar-refractivity contribution in [3.63, 3.8) is 0 Å². The normalized spacial score (nSPS) is 27.6. The van der Waals surface area contributed by atoms with Gasteiger partial charge in [0.05, 0.1) is 24.8 Å². The van der Waals surface area contributed by atoms with Gasteiger partial charge >= 0.3 is 0 Å². The quantitative estimate of drug-likeness (QED) is 0.478. The van der Waals surface area contributed by atoms with E-state index < -0.39 is 34.1 Å². The van der Waals surface area contributed by atoms with Crippen LogP contribution in [-0.4, -0.2) is 70.1 Å². The van der Waals surface area contributed by atoms with Crippen LogP contribution in [0, 0.1) is 5.92 Å². The number of sulfonamides is 1. The van der Waals surface area contributed by atoms with Gasteiger partial charge in [0.15, 0.2) is 5.82 Å². The summed E-state index contributed by atoms with van der Waals surface area (Å²) in [5.41, 5.74) is 1.05. The Morgan fingerprint density at radius 1 is 1.24 bits per heavy atom. The molecule has 37 heavy (non-hydrogen) atoms. The number of halogens is 1. The van der Waals surface area contributed by atoms with E-state index >= 15 is 0 Å². The van der Waals surface area contributed by atoms with Gasteiger partial charge in [0.2, 0.25) is 15.9 Å². The van der Waals surface area contributed by atoms with E-state index in [1.54, 1.807) is 35.2 Å². The van der Waals surface area contributed by atoms with Gasteiger partial charge in [0.1, 0.15) is 0 Å². The number of rotatable bonds is 7. The smallest absolute Gasteiger partial charge is 0.254 e. The average Bonchev–Trinajstić information content (AvgIpc) is 3.54. The molecule has 1 fully saturated rings. The second-order valence-electron chi connectivity index (χ2n) is 9.65. The van der Waals surface area contributed by atoms with Crippen molar-refractivity contribution >= 4 is 33.4 Å². The number of aromatic nitrogens is 4. The molecule has 0 saturated heterocycles. The number of aromatic amines is 1. The number of carbonyl (C=O) groups excluding carboxylic acids is 2. The van der Waals surface area contributed by atoms with Gasteiger partial charge in [-0.3, -0.25) is 9.59 Å². The number of nitrogens with zero attached hydrogens (tertiary/aromatic N) is 4. The zero-order valence-corrected chi connectivity index (χ0v) is 21.7. The summed E-state index contributed by atoms with van der Waals surface area (Å²) < 4.78 is 27.2. The molecule has 0 radical (unpaired) electrons. The van der Waals surface area contributed by atoms with Crippen LogP contribution in [0.5, 0.6) is 0 Å². The summed E-state index contributed by atoms with van der Waals surface area (Å²) in [4.78, 5) is 29.7. The van der Waals surface area contributed by atoms with Crippen LogP contribution in [-0.2, 0) is 21.4 Å². The van der Waals surface area contributed by atoms with Crippen molar-refractivity contribution in [2.24, 2.45) is 5.92 Å². The summed E-state index contributed by atoms with van der Waals surface area (Å²) in [6, 6.07) is 5.58. The molecule has 1 aromatic carbocycles. The molecule has 3 aliphatic rings. The number of H-pyrrole nitrogens is 1. The molecule has 3 N–H and O–H groups in total. The maximum absolute atomic E-state index is 14.1. The molecule has 2 aromatic rings. The Bertz CT molecular complexity index is 1340. The van der Waals surface area contributed by atoms with E-state index in [0.29, 0.717) is 34.8 Å². The van der Waals surface area contributed by atoms with Gasteiger partial charge in [0.25, 0.3) is 5.91 Å². The first-order valence-electron chi connectivity index (χ1n) is 12.2. The summed E-state index contributed by atoms with van der Waals surface area (Å²) in [5.74, 6) is -1.27. The molecular formula is C24H28ClN7O4S. The molecule has 2 amide bonds. The van der Waals surface area contributed by atoms with E-state index in [-0.39, 0.29) is 24.3 Å². The molecule has 11 nitrogen and oxygen atoms in total. The highest BCUT2D eigenvalue weighted by Gasteiger charge is 2.50. The molecule has 2 heterocycles. The van der Waals surface area contributed by atoms with E-state index in [1.807, 2.05) is 12.2 Å². The lowest BCUT2D eigenvalue weighted by Gasteiger charge is -2.50. The Kier molecular flexibility index (Phi) is 7.15. The van der Waals surface area contributed by atoms with Gasteiger partial charge in [-0.15, -0.1) is 10.2 Å². The van der Waals surface area contributed by atoms with Crippen molar-refractivity contribution < 1.29 is 18.0 Å². The van der Waals surface area contributed by atoms with E-state index in [9.17, 15) is 18.0 Å². The van der Waals surface area contributed by atoms with Gasteiger partial charge in [-0.05, 0) is 30.5 Å². The maximum Gasteiger partial charge on any atom is 0.254 e. The topological polar surface area (TPSA) is 150 Å². The minimum absolute atomic E-state index is 0.0630. The number of tetrazole rings is 1. The fraction of sp³-hybridized carbons (Fsp3) is 0.458. The summed E-state index contributed by atoms with van der Waals surface area (Å²) >= 11 is 6.32. The lowest BCUT2D eigenvalue weighted by molar-refractivity contribution is -0.125. The molecule has 5 rings (SSSR count). The molecule has 196 valence electrons. The number of hydrogen-bond acceptors (Lipinski definition) is 7. The van der Waals surface area contributed by atoms with Crippen molar-refractivity contribution in [2.75, 3.05) is 6.26 Å². The third-order valence-electron chi connectivity index (χ3n) is 7.19. The SMILES string of the molecule is CS(=O)(=O)N[C@H]1CCCC[C@@H]1N1C(=O)c2ccccc2[C@@H](C(=O)NCc2nn[nH]n2)C1C1C=CC(Cl)=C1. The van der Waals surface area contributed by atoms with Crippen LogP contribution < -0.4 is 10.0 Å². The number of carbonyl (C=O) groups is 2. The lowest BCUT2D eigenvalue weighted by atomic mass is 9.74. The molecule has 13 heteroatoms. The molecule has 2 aliphatic carbocycles. The third kappa shape index (κ3) is 5.32. The fourth-order valence-electron chi connectivity index (χ4n) is 5.76. The largest absolute Gasteiger partial charge is 0.348 e. The van der Waals surface area contributed by atoms with Gasteiger partial charge < -0.3 is 10.2 Å². The molecule has 1 saturated carbocycles. The Morgan fingerprint density at radius 2 is 2.03 bits per heavy atom. The minimum atomic E-state index is -3.52. The highest BCUT2D eigenvalue weighted by atomic mass is 35.5.